The van der Waals surface area contributed by atoms with Crippen LogP contribution < -0.4 is 0 Å². The molecule has 160 valence electrons. The van der Waals surface area contributed by atoms with Gasteiger partial charge >= 0.3 is 5.97 Å². The fourth-order valence-corrected chi connectivity index (χ4v) is 3.93. The molecule has 3 rings (SSSR count). The molecule has 1 heterocycles. The first kappa shape index (κ1) is 22.3. The number of allylic oxidation sites excluding steroid dienone is 1. The zero-order valence-electron chi connectivity index (χ0n) is 17.9. The lowest BCUT2D eigenvalue weighted by atomic mass is 9.93. The number of benzene rings is 2. The van der Waals surface area contributed by atoms with E-state index in [-0.39, 0.29) is 12.1 Å². The van der Waals surface area contributed by atoms with Crippen LogP contribution in [0.2, 0.25) is 0 Å². The molecule has 1 fully saturated rings. The zero-order valence-corrected chi connectivity index (χ0v) is 17.9. The lowest BCUT2D eigenvalue weighted by Gasteiger charge is -2.32. The molecule has 1 aliphatic rings. The Kier molecular flexibility index (Phi) is 9.13. The Morgan fingerprint density at radius 2 is 1.63 bits per heavy atom. The molecule has 0 spiro atoms. The van der Waals surface area contributed by atoms with Crippen molar-refractivity contribution in [3.8, 4) is 0 Å². The molecule has 0 saturated carbocycles. The number of hydrogen-bond acceptors (Lipinski definition) is 4. The molecular formula is C26H33NO3. The van der Waals surface area contributed by atoms with Crippen LogP contribution >= 0.6 is 0 Å². The lowest BCUT2D eigenvalue weighted by Crippen LogP contribution is -2.36. The van der Waals surface area contributed by atoms with Crippen molar-refractivity contribution in [1.29, 1.82) is 0 Å². The molecule has 0 atom stereocenters. The van der Waals surface area contributed by atoms with Gasteiger partial charge in [-0.2, -0.15) is 0 Å². The molecule has 0 aromatic heterocycles. The van der Waals surface area contributed by atoms with E-state index >= 15 is 0 Å². The molecule has 1 saturated heterocycles. The third-order valence-electron chi connectivity index (χ3n) is 5.61. The van der Waals surface area contributed by atoms with Gasteiger partial charge in [0.15, 0.2) is 0 Å². The van der Waals surface area contributed by atoms with E-state index in [0.29, 0.717) is 19.1 Å². The summed E-state index contributed by atoms with van der Waals surface area (Å²) >= 11 is 0. The molecule has 0 unspecified atom stereocenters. The highest BCUT2D eigenvalue weighted by atomic mass is 16.5. The van der Waals surface area contributed by atoms with Crippen LogP contribution in [0, 0.1) is 5.92 Å². The third-order valence-corrected chi connectivity index (χ3v) is 5.61. The summed E-state index contributed by atoms with van der Waals surface area (Å²) in [4.78, 5) is 13.9. The van der Waals surface area contributed by atoms with Crippen LogP contribution in [0.15, 0.2) is 72.8 Å². The van der Waals surface area contributed by atoms with Crippen molar-refractivity contribution in [1.82, 2.24) is 4.90 Å². The summed E-state index contributed by atoms with van der Waals surface area (Å²) in [6, 6.07) is 20.9. The van der Waals surface area contributed by atoms with E-state index in [0.717, 1.165) is 38.9 Å². The second-order valence-electron chi connectivity index (χ2n) is 7.75. The van der Waals surface area contributed by atoms with Gasteiger partial charge in [0.2, 0.25) is 0 Å². The maximum Gasteiger partial charge on any atom is 0.330 e. The highest BCUT2D eigenvalue weighted by molar-refractivity contribution is 5.81. The van der Waals surface area contributed by atoms with Crippen LogP contribution in [0.1, 0.15) is 43.4 Å². The fraction of sp³-hybridized carbons (Fsp3) is 0.423. The van der Waals surface area contributed by atoms with Gasteiger partial charge in [-0.1, -0.05) is 66.7 Å². The van der Waals surface area contributed by atoms with Gasteiger partial charge in [0, 0.05) is 12.6 Å². The van der Waals surface area contributed by atoms with Crippen molar-refractivity contribution < 1.29 is 14.3 Å². The predicted octanol–water partition coefficient (Wildman–Crippen LogP) is 5.01. The number of carbonyl (C=O) groups is 1. The highest BCUT2D eigenvalue weighted by Crippen LogP contribution is 2.26. The molecule has 1 aliphatic heterocycles. The van der Waals surface area contributed by atoms with E-state index in [1.54, 1.807) is 6.08 Å². The molecule has 0 aliphatic carbocycles. The van der Waals surface area contributed by atoms with E-state index in [2.05, 4.69) is 53.4 Å². The van der Waals surface area contributed by atoms with E-state index in [1.165, 1.54) is 11.1 Å². The molecule has 2 aromatic carbocycles. The number of hydrogen-bond donors (Lipinski definition) is 0. The summed E-state index contributed by atoms with van der Waals surface area (Å²) < 4.78 is 11.3. The lowest BCUT2D eigenvalue weighted by molar-refractivity contribution is -0.137. The van der Waals surface area contributed by atoms with Crippen molar-refractivity contribution in [2.24, 2.45) is 5.92 Å². The number of nitrogens with zero attached hydrogens (tertiary/aromatic N) is 1. The van der Waals surface area contributed by atoms with Crippen LogP contribution in [0.3, 0.4) is 0 Å². The third kappa shape index (κ3) is 7.12. The molecule has 0 radical (unpaired) electrons. The Morgan fingerprint density at radius 1 is 1.03 bits per heavy atom. The van der Waals surface area contributed by atoms with Crippen LogP contribution in [0.25, 0.3) is 0 Å². The average Bonchev–Trinajstić information content (AvgIpc) is 2.79. The van der Waals surface area contributed by atoms with Crippen LogP contribution in [0.5, 0.6) is 0 Å². The van der Waals surface area contributed by atoms with Crippen molar-refractivity contribution in [3.63, 3.8) is 0 Å². The number of esters is 1. The summed E-state index contributed by atoms with van der Waals surface area (Å²) in [7, 11) is 0. The van der Waals surface area contributed by atoms with E-state index < -0.39 is 0 Å². The Bertz CT molecular complexity index is 728. The standard InChI is InChI=1S/C26H33NO3/c1-2-29-25(28)15-9-10-22-16-18-27(19-17-22)20-21-30-26(23-11-5-3-6-12-23)24-13-7-4-8-14-24/h3-9,11-15,22,26H,2,10,16-21H2,1H3. The van der Waals surface area contributed by atoms with Gasteiger partial charge in [-0.3, -0.25) is 0 Å². The van der Waals surface area contributed by atoms with Crippen LogP contribution in [0.4, 0.5) is 0 Å². The predicted molar refractivity (Wildman–Crippen MR) is 120 cm³/mol. The first-order valence-electron chi connectivity index (χ1n) is 11.0. The smallest absolute Gasteiger partial charge is 0.330 e. The fourth-order valence-electron chi connectivity index (χ4n) is 3.93. The number of piperidine rings is 1. The molecule has 0 N–H and O–H groups in total. The molecule has 0 bridgehead atoms. The maximum absolute atomic E-state index is 11.4. The van der Waals surface area contributed by atoms with Gasteiger partial charge in [-0.15, -0.1) is 0 Å². The summed E-state index contributed by atoms with van der Waals surface area (Å²) in [6.07, 6.45) is 6.77. The molecule has 4 nitrogen and oxygen atoms in total. The van der Waals surface area contributed by atoms with Gasteiger partial charge in [-0.25, -0.2) is 4.79 Å². The minimum atomic E-state index is -0.238. The Labute approximate surface area is 180 Å². The Morgan fingerprint density at radius 3 is 2.20 bits per heavy atom. The molecular weight excluding hydrogens is 374 g/mol. The monoisotopic (exact) mass is 407 g/mol. The van der Waals surface area contributed by atoms with E-state index in [9.17, 15) is 4.79 Å². The van der Waals surface area contributed by atoms with Gasteiger partial charge < -0.3 is 14.4 Å². The van der Waals surface area contributed by atoms with E-state index in [1.807, 2.05) is 25.1 Å². The normalized spacial score (nSPS) is 15.7. The quantitative estimate of drug-likeness (QED) is 0.410. The molecule has 2 aromatic rings. The number of carbonyl (C=O) groups excluding carboxylic acids is 1. The maximum atomic E-state index is 11.4. The molecule has 0 amide bonds. The number of likely N-dealkylation sites (tertiary alicyclic amines) is 1. The Balaban J connectivity index is 1.43. The van der Waals surface area contributed by atoms with Crippen molar-refractivity contribution >= 4 is 5.97 Å². The first-order chi connectivity index (χ1) is 14.8. The second-order valence-corrected chi connectivity index (χ2v) is 7.75. The van der Waals surface area contributed by atoms with Gasteiger partial charge in [0.05, 0.1) is 13.2 Å². The molecule has 30 heavy (non-hydrogen) atoms. The molecule has 4 heteroatoms. The van der Waals surface area contributed by atoms with Crippen LogP contribution in [-0.4, -0.2) is 43.7 Å². The largest absolute Gasteiger partial charge is 0.463 e. The van der Waals surface area contributed by atoms with Gasteiger partial charge in [-0.05, 0) is 56.3 Å². The summed E-state index contributed by atoms with van der Waals surface area (Å²) in [5.74, 6) is 0.410. The SMILES string of the molecule is CCOC(=O)C=CCC1CCN(CCOC(c2ccccc2)c2ccccc2)CC1. The second kappa shape index (κ2) is 12.3. The minimum Gasteiger partial charge on any atom is -0.463 e. The van der Waals surface area contributed by atoms with Gasteiger partial charge in [0.25, 0.3) is 0 Å². The topological polar surface area (TPSA) is 38.8 Å². The highest BCUT2D eigenvalue weighted by Gasteiger charge is 2.19. The average molecular weight is 408 g/mol. The van der Waals surface area contributed by atoms with Crippen molar-refractivity contribution in [2.45, 2.75) is 32.3 Å². The number of rotatable bonds is 10. The first-order valence-corrected chi connectivity index (χ1v) is 11.0. The summed E-state index contributed by atoms with van der Waals surface area (Å²) in [6.45, 7) is 6.08. The van der Waals surface area contributed by atoms with E-state index in [4.69, 9.17) is 9.47 Å². The summed E-state index contributed by atoms with van der Waals surface area (Å²) in [5.41, 5.74) is 2.38. The van der Waals surface area contributed by atoms with Crippen molar-refractivity contribution in [2.75, 3.05) is 32.8 Å². The number of ether oxygens (including phenoxy) is 2. The zero-order chi connectivity index (χ0) is 21.0. The van der Waals surface area contributed by atoms with Crippen molar-refractivity contribution in [3.05, 3.63) is 83.9 Å². The van der Waals surface area contributed by atoms with Crippen LogP contribution in [-0.2, 0) is 14.3 Å². The summed E-state index contributed by atoms with van der Waals surface area (Å²) in [5, 5.41) is 0. The minimum absolute atomic E-state index is 0.0297. The van der Waals surface area contributed by atoms with Gasteiger partial charge in [0.1, 0.15) is 6.10 Å². The Hall–Kier alpha value is -2.43.